The van der Waals surface area contributed by atoms with Crippen LogP contribution < -0.4 is 10.2 Å². The predicted octanol–water partition coefficient (Wildman–Crippen LogP) is 4.52. The number of thioether (sulfide) groups is 1. The normalized spacial score (nSPS) is 13.3. The lowest BCUT2D eigenvalue weighted by atomic mass is 10.0. The number of amides is 1. The van der Waals surface area contributed by atoms with Crippen LogP contribution in [0.5, 0.6) is 0 Å². The molecular weight excluding hydrogens is 433 g/mol. The van der Waals surface area contributed by atoms with E-state index in [4.69, 9.17) is 4.98 Å². The van der Waals surface area contributed by atoms with Gasteiger partial charge in [0, 0.05) is 18.8 Å². The molecule has 3 heterocycles. The highest BCUT2D eigenvalue weighted by atomic mass is 32.2. The van der Waals surface area contributed by atoms with Gasteiger partial charge in [0.2, 0.25) is 5.91 Å². The van der Waals surface area contributed by atoms with Crippen molar-refractivity contribution < 1.29 is 9.18 Å². The fourth-order valence-corrected chi connectivity index (χ4v) is 5.40. The number of aromatic nitrogens is 3. The van der Waals surface area contributed by atoms with E-state index in [1.807, 2.05) is 0 Å². The standard InChI is InChI=1S/C22H18FN5OS2/c23-16-5-7-17(8-6-16)26-18(29)12-30-21-19-20(24-13-25-21)27-22(31-19)28-10-9-14-3-1-2-4-15(14)11-28/h1-8,13H,9-12H2,(H,26,29). The van der Waals surface area contributed by atoms with Crippen LogP contribution in [0, 0.1) is 5.82 Å². The second kappa shape index (κ2) is 8.60. The van der Waals surface area contributed by atoms with Gasteiger partial charge in [-0.2, -0.15) is 4.98 Å². The van der Waals surface area contributed by atoms with Crippen LogP contribution in [0.3, 0.4) is 0 Å². The van der Waals surface area contributed by atoms with Gasteiger partial charge in [-0.15, -0.1) is 0 Å². The Morgan fingerprint density at radius 2 is 1.94 bits per heavy atom. The van der Waals surface area contributed by atoms with Gasteiger partial charge in [0.1, 0.15) is 21.9 Å². The van der Waals surface area contributed by atoms with E-state index in [-0.39, 0.29) is 17.5 Å². The first-order valence-electron chi connectivity index (χ1n) is 9.77. The summed E-state index contributed by atoms with van der Waals surface area (Å²) in [5.41, 5.74) is 3.93. The molecule has 5 rings (SSSR count). The van der Waals surface area contributed by atoms with Crippen molar-refractivity contribution in [1.29, 1.82) is 0 Å². The molecule has 0 saturated heterocycles. The molecule has 0 spiro atoms. The Labute approximate surface area is 186 Å². The first-order chi connectivity index (χ1) is 15.2. The van der Waals surface area contributed by atoms with E-state index in [1.54, 1.807) is 11.3 Å². The molecule has 0 atom stereocenters. The molecule has 1 amide bonds. The number of hydrogen-bond acceptors (Lipinski definition) is 7. The summed E-state index contributed by atoms with van der Waals surface area (Å²) in [5, 5.41) is 4.42. The molecule has 2 aromatic carbocycles. The van der Waals surface area contributed by atoms with Gasteiger partial charge in [0.25, 0.3) is 0 Å². The monoisotopic (exact) mass is 451 g/mol. The second-order valence-electron chi connectivity index (χ2n) is 7.11. The van der Waals surface area contributed by atoms with Crippen LogP contribution in [0.15, 0.2) is 59.9 Å². The zero-order chi connectivity index (χ0) is 21.2. The van der Waals surface area contributed by atoms with Crippen LogP contribution in [0.25, 0.3) is 10.3 Å². The Hall–Kier alpha value is -3.04. The number of hydrogen-bond donors (Lipinski definition) is 1. The summed E-state index contributed by atoms with van der Waals surface area (Å²) in [6.45, 7) is 1.73. The van der Waals surface area contributed by atoms with E-state index in [0.717, 1.165) is 34.4 Å². The summed E-state index contributed by atoms with van der Waals surface area (Å²) < 4.78 is 13.9. The van der Waals surface area contributed by atoms with Crippen LogP contribution in [0.4, 0.5) is 15.2 Å². The number of halogens is 1. The Morgan fingerprint density at radius 1 is 1.13 bits per heavy atom. The molecule has 9 heteroatoms. The second-order valence-corrected chi connectivity index (χ2v) is 9.05. The average molecular weight is 452 g/mol. The maximum Gasteiger partial charge on any atom is 0.234 e. The van der Waals surface area contributed by atoms with Gasteiger partial charge in [-0.25, -0.2) is 14.4 Å². The lowest BCUT2D eigenvalue weighted by molar-refractivity contribution is -0.113. The molecule has 31 heavy (non-hydrogen) atoms. The van der Waals surface area contributed by atoms with Gasteiger partial charge >= 0.3 is 0 Å². The summed E-state index contributed by atoms with van der Waals surface area (Å²) in [6.07, 6.45) is 2.47. The molecule has 2 aromatic heterocycles. The summed E-state index contributed by atoms with van der Waals surface area (Å²) in [7, 11) is 0. The maximum absolute atomic E-state index is 13.0. The summed E-state index contributed by atoms with van der Waals surface area (Å²) >= 11 is 2.90. The fraction of sp³-hybridized carbons (Fsp3) is 0.182. The number of nitrogens with zero attached hydrogens (tertiary/aromatic N) is 4. The Bertz CT molecular complexity index is 1240. The van der Waals surface area contributed by atoms with Crippen molar-refractivity contribution in [2.45, 2.75) is 18.0 Å². The van der Waals surface area contributed by atoms with Gasteiger partial charge in [0.05, 0.1) is 5.75 Å². The molecule has 0 radical (unpaired) electrons. The van der Waals surface area contributed by atoms with Crippen molar-refractivity contribution in [3.63, 3.8) is 0 Å². The molecule has 1 aliphatic rings. The number of rotatable bonds is 5. The highest BCUT2D eigenvalue weighted by Gasteiger charge is 2.21. The minimum absolute atomic E-state index is 0.180. The van der Waals surface area contributed by atoms with Crippen LogP contribution in [-0.2, 0) is 17.8 Å². The van der Waals surface area contributed by atoms with Gasteiger partial charge in [0.15, 0.2) is 10.8 Å². The molecular formula is C22H18FN5OS2. The van der Waals surface area contributed by atoms with Crippen LogP contribution in [0.1, 0.15) is 11.1 Å². The molecule has 6 nitrogen and oxygen atoms in total. The van der Waals surface area contributed by atoms with Crippen molar-refractivity contribution in [3.05, 3.63) is 71.8 Å². The number of thiazole rings is 1. The minimum Gasteiger partial charge on any atom is -0.343 e. The van der Waals surface area contributed by atoms with Crippen molar-refractivity contribution in [3.8, 4) is 0 Å². The third-order valence-electron chi connectivity index (χ3n) is 5.02. The predicted molar refractivity (Wildman–Crippen MR) is 122 cm³/mol. The quantitative estimate of drug-likeness (QED) is 0.355. The summed E-state index contributed by atoms with van der Waals surface area (Å²) in [6, 6.07) is 14.2. The fourth-order valence-electron chi connectivity index (χ4n) is 3.48. The highest BCUT2D eigenvalue weighted by Crippen LogP contribution is 2.35. The van der Waals surface area contributed by atoms with Gasteiger partial charge in [-0.1, -0.05) is 47.4 Å². The Balaban J connectivity index is 1.30. The zero-order valence-corrected chi connectivity index (χ0v) is 18.0. The lowest BCUT2D eigenvalue weighted by Gasteiger charge is -2.28. The van der Waals surface area contributed by atoms with Crippen molar-refractivity contribution in [2.75, 3.05) is 22.5 Å². The van der Waals surface area contributed by atoms with E-state index in [2.05, 4.69) is 44.5 Å². The molecule has 156 valence electrons. The van der Waals surface area contributed by atoms with E-state index in [9.17, 15) is 9.18 Å². The molecule has 0 aliphatic carbocycles. The molecule has 1 aliphatic heterocycles. The third kappa shape index (κ3) is 4.38. The number of carbonyl (C=O) groups is 1. The third-order valence-corrected chi connectivity index (χ3v) is 7.25. The van der Waals surface area contributed by atoms with E-state index in [0.29, 0.717) is 11.3 Å². The average Bonchev–Trinajstić information content (AvgIpc) is 3.24. The SMILES string of the molecule is O=C(CSc1ncnc2nc(N3CCc4ccccc4C3)sc12)Nc1ccc(F)cc1. The van der Waals surface area contributed by atoms with E-state index in [1.165, 1.54) is 53.5 Å². The largest absolute Gasteiger partial charge is 0.343 e. The molecule has 0 bridgehead atoms. The smallest absolute Gasteiger partial charge is 0.234 e. The highest BCUT2D eigenvalue weighted by molar-refractivity contribution is 8.00. The van der Waals surface area contributed by atoms with Crippen LogP contribution in [-0.4, -0.2) is 33.2 Å². The number of nitrogens with one attached hydrogen (secondary N) is 1. The van der Waals surface area contributed by atoms with Crippen LogP contribution in [0.2, 0.25) is 0 Å². The Morgan fingerprint density at radius 3 is 2.77 bits per heavy atom. The van der Waals surface area contributed by atoms with E-state index >= 15 is 0 Å². The lowest BCUT2D eigenvalue weighted by Crippen LogP contribution is -2.30. The van der Waals surface area contributed by atoms with Crippen LogP contribution >= 0.6 is 23.1 Å². The van der Waals surface area contributed by atoms with Gasteiger partial charge < -0.3 is 10.2 Å². The molecule has 0 unspecified atom stereocenters. The molecule has 0 fully saturated rings. The number of benzene rings is 2. The van der Waals surface area contributed by atoms with Crippen molar-refractivity contribution in [2.24, 2.45) is 0 Å². The zero-order valence-electron chi connectivity index (χ0n) is 16.4. The molecule has 1 N–H and O–H groups in total. The minimum atomic E-state index is -0.339. The topological polar surface area (TPSA) is 71.0 Å². The van der Waals surface area contributed by atoms with Crippen molar-refractivity contribution in [1.82, 2.24) is 15.0 Å². The maximum atomic E-state index is 13.0. The first kappa shape index (κ1) is 19.9. The number of carbonyl (C=O) groups excluding carboxylic acids is 1. The van der Waals surface area contributed by atoms with E-state index < -0.39 is 0 Å². The number of anilines is 2. The van der Waals surface area contributed by atoms with Gasteiger partial charge in [-0.3, -0.25) is 4.79 Å². The molecule has 0 saturated carbocycles. The van der Waals surface area contributed by atoms with Crippen molar-refractivity contribution >= 4 is 50.2 Å². The Kier molecular flexibility index (Phi) is 5.52. The summed E-state index contributed by atoms with van der Waals surface area (Å²) in [4.78, 5) is 28.0. The summed E-state index contributed by atoms with van der Waals surface area (Å²) in [5.74, 6) is -0.330. The first-order valence-corrected chi connectivity index (χ1v) is 11.6. The number of fused-ring (bicyclic) bond motifs is 2. The molecule has 4 aromatic rings. The van der Waals surface area contributed by atoms with Gasteiger partial charge in [-0.05, 0) is 41.8 Å².